The minimum absolute atomic E-state index is 0.854. The van der Waals surface area contributed by atoms with E-state index in [9.17, 15) is 0 Å². The molecule has 0 aliphatic carbocycles. The van der Waals surface area contributed by atoms with E-state index in [1.165, 1.54) is 22.4 Å². The second kappa shape index (κ2) is 4.69. The molecule has 0 unspecified atom stereocenters. The minimum Gasteiger partial charge on any atom is -0.312 e. The van der Waals surface area contributed by atoms with E-state index in [0.717, 1.165) is 30.5 Å². The van der Waals surface area contributed by atoms with Gasteiger partial charge in [0.15, 0.2) is 5.65 Å². The Labute approximate surface area is 117 Å². The van der Waals surface area contributed by atoms with Crippen LogP contribution in [0.15, 0.2) is 48.7 Å². The molecule has 3 aromatic rings. The van der Waals surface area contributed by atoms with E-state index in [4.69, 9.17) is 4.98 Å². The molecule has 4 rings (SSSR count). The summed E-state index contributed by atoms with van der Waals surface area (Å²) in [5.41, 5.74) is 5.89. The van der Waals surface area contributed by atoms with E-state index >= 15 is 0 Å². The van der Waals surface area contributed by atoms with Crippen LogP contribution in [0.3, 0.4) is 0 Å². The van der Waals surface area contributed by atoms with Crippen LogP contribution in [0.4, 0.5) is 0 Å². The molecule has 0 atom stereocenters. The summed E-state index contributed by atoms with van der Waals surface area (Å²) in [5, 5.41) is 4.60. The van der Waals surface area contributed by atoms with Crippen LogP contribution in [0.5, 0.6) is 0 Å². The van der Waals surface area contributed by atoms with Gasteiger partial charge in [-0.2, -0.15) is 0 Å². The van der Waals surface area contributed by atoms with Crippen LogP contribution < -0.4 is 5.32 Å². The highest BCUT2D eigenvalue weighted by atomic mass is 14.9. The van der Waals surface area contributed by atoms with Crippen LogP contribution in [0, 0.1) is 0 Å². The van der Waals surface area contributed by atoms with Gasteiger partial charge in [0.1, 0.15) is 0 Å². The zero-order chi connectivity index (χ0) is 13.4. The Morgan fingerprint density at radius 2 is 1.90 bits per heavy atom. The summed E-state index contributed by atoms with van der Waals surface area (Å²) >= 11 is 0. The molecule has 3 heteroatoms. The van der Waals surface area contributed by atoms with E-state index in [1.807, 2.05) is 12.3 Å². The Bertz CT molecular complexity index is 766. The van der Waals surface area contributed by atoms with Gasteiger partial charge < -0.3 is 5.32 Å². The third-order valence-corrected chi connectivity index (χ3v) is 3.85. The lowest BCUT2D eigenvalue weighted by atomic mass is 9.93. The quantitative estimate of drug-likeness (QED) is 0.732. The maximum atomic E-state index is 4.75. The number of aromatic nitrogens is 2. The number of nitrogens with zero attached hydrogens (tertiary/aromatic N) is 2. The van der Waals surface area contributed by atoms with E-state index in [0.29, 0.717) is 0 Å². The first-order valence-electron chi connectivity index (χ1n) is 6.96. The van der Waals surface area contributed by atoms with Crippen LogP contribution in [0.1, 0.15) is 11.3 Å². The van der Waals surface area contributed by atoms with Gasteiger partial charge in [-0.3, -0.25) is 0 Å². The first-order chi connectivity index (χ1) is 9.93. The maximum Gasteiger partial charge on any atom is 0.160 e. The molecular weight excluding hydrogens is 246 g/mol. The summed E-state index contributed by atoms with van der Waals surface area (Å²) in [6.45, 7) is 1.88. The standard InChI is InChI=1S/C17H15N3/c1-2-5-12(6-3-1)16-13-7-4-9-19-17(13)20-15-8-10-18-11-14(15)16/h1-7,9,18H,8,10-11H2. The monoisotopic (exact) mass is 261 g/mol. The Morgan fingerprint density at radius 1 is 1.00 bits per heavy atom. The molecule has 20 heavy (non-hydrogen) atoms. The number of fused-ring (bicyclic) bond motifs is 2. The topological polar surface area (TPSA) is 37.8 Å². The zero-order valence-electron chi connectivity index (χ0n) is 11.1. The fourth-order valence-electron chi connectivity index (χ4n) is 2.94. The predicted octanol–water partition coefficient (Wildman–Crippen LogP) is 2.94. The number of pyridine rings is 2. The molecule has 1 aliphatic rings. The van der Waals surface area contributed by atoms with Gasteiger partial charge in [-0.15, -0.1) is 0 Å². The molecule has 0 fully saturated rings. The van der Waals surface area contributed by atoms with Crippen LogP contribution in [0.25, 0.3) is 22.2 Å². The van der Waals surface area contributed by atoms with E-state index in [2.05, 4.69) is 46.7 Å². The average molecular weight is 261 g/mol. The lowest BCUT2D eigenvalue weighted by Crippen LogP contribution is -2.25. The lowest BCUT2D eigenvalue weighted by molar-refractivity contribution is 0.633. The molecule has 0 bridgehead atoms. The predicted molar refractivity (Wildman–Crippen MR) is 80.4 cm³/mol. The van der Waals surface area contributed by atoms with Crippen molar-refractivity contribution in [3.05, 3.63) is 59.9 Å². The van der Waals surface area contributed by atoms with Crippen molar-refractivity contribution in [2.75, 3.05) is 6.54 Å². The SMILES string of the molecule is c1ccc(-c2c3c(nc4ncccc24)CCNC3)cc1. The first-order valence-corrected chi connectivity index (χ1v) is 6.96. The zero-order valence-corrected chi connectivity index (χ0v) is 11.1. The van der Waals surface area contributed by atoms with Crippen molar-refractivity contribution in [3.8, 4) is 11.1 Å². The Balaban J connectivity index is 2.10. The van der Waals surface area contributed by atoms with Gasteiger partial charge in [0.05, 0.1) is 0 Å². The second-order valence-corrected chi connectivity index (χ2v) is 5.08. The Kier molecular flexibility index (Phi) is 2.71. The molecule has 0 radical (unpaired) electrons. The lowest BCUT2D eigenvalue weighted by Gasteiger charge is -2.21. The van der Waals surface area contributed by atoms with E-state index < -0.39 is 0 Å². The average Bonchev–Trinajstić information content (AvgIpc) is 2.53. The molecule has 1 N–H and O–H groups in total. The van der Waals surface area contributed by atoms with Crippen LogP contribution in [0.2, 0.25) is 0 Å². The number of nitrogens with one attached hydrogen (secondary N) is 1. The number of hydrogen-bond acceptors (Lipinski definition) is 3. The van der Waals surface area contributed by atoms with Gasteiger partial charge in [-0.25, -0.2) is 9.97 Å². The van der Waals surface area contributed by atoms with Gasteiger partial charge >= 0.3 is 0 Å². The van der Waals surface area contributed by atoms with Gasteiger partial charge in [0, 0.05) is 36.8 Å². The molecule has 2 aromatic heterocycles. The smallest absolute Gasteiger partial charge is 0.160 e. The summed E-state index contributed by atoms with van der Waals surface area (Å²) in [5.74, 6) is 0. The third-order valence-electron chi connectivity index (χ3n) is 3.85. The molecule has 0 saturated carbocycles. The molecule has 3 nitrogen and oxygen atoms in total. The molecule has 0 amide bonds. The van der Waals surface area contributed by atoms with Crippen LogP contribution in [-0.4, -0.2) is 16.5 Å². The molecule has 1 aromatic carbocycles. The van der Waals surface area contributed by atoms with Crippen LogP contribution >= 0.6 is 0 Å². The number of benzene rings is 1. The van der Waals surface area contributed by atoms with Gasteiger partial charge in [0.25, 0.3) is 0 Å². The van der Waals surface area contributed by atoms with Crippen molar-refractivity contribution in [1.82, 2.24) is 15.3 Å². The molecule has 0 spiro atoms. The van der Waals surface area contributed by atoms with Crippen molar-refractivity contribution in [3.63, 3.8) is 0 Å². The largest absolute Gasteiger partial charge is 0.312 e. The van der Waals surface area contributed by atoms with Gasteiger partial charge in [-0.05, 0) is 28.8 Å². The summed E-state index contributed by atoms with van der Waals surface area (Å²) in [4.78, 5) is 9.19. The second-order valence-electron chi connectivity index (χ2n) is 5.08. The highest BCUT2D eigenvalue weighted by Crippen LogP contribution is 2.33. The number of rotatable bonds is 1. The highest BCUT2D eigenvalue weighted by Gasteiger charge is 2.18. The first kappa shape index (κ1) is 11.6. The fraction of sp³-hybridized carbons (Fsp3) is 0.176. The summed E-state index contributed by atoms with van der Waals surface area (Å²) in [6.07, 6.45) is 2.79. The summed E-state index contributed by atoms with van der Waals surface area (Å²) < 4.78 is 0. The van der Waals surface area contributed by atoms with Crippen molar-refractivity contribution in [2.24, 2.45) is 0 Å². The van der Waals surface area contributed by atoms with Crippen molar-refractivity contribution in [1.29, 1.82) is 0 Å². The Hall–Kier alpha value is -2.26. The summed E-state index contributed by atoms with van der Waals surface area (Å²) in [7, 11) is 0. The Morgan fingerprint density at radius 3 is 2.80 bits per heavy atom. The van der Waals surface area contributed by atoms with Crippen molar-refractivity contribution in [2.45, 2.75) is 13.0 Å². The van der Waals surface area contributed by atoms with E-state index in [1.54, 1.807) is 0 Å². The molecular formula is C17H15N3. The fourth-order valence-corrected chi connectivity index (χ4v) is 2.94. The van der Waals surface area contributed by atoms with E-state index in [-0.39, 0.29) is 0 Å². The number of hydrogen-bond donors (Lipinski definition) is 1. The van der Waals surface area contributed by atoms with Gasteiger partial charge in [0.2, 0.25) is 0 Å². The van der Waals surface area contributed by atoms with Crippen LogP contribution in [-0.2, 0) is 13.0 Å². The maximum absolute atomic E-state index is 4.75. The summed E-state index contributed by atoms with van der Waals surface area (Å²) in [6, 6.07) is 14.6. The molecule has 3 heterocycles. The third kappa shape index (κ3) is 1.79. The molecule has 0 saturated heterocycles. The molecule has 1 aliphatic heterocycles. The normalized spacial score (nSPS) is 14.2. The van der Waals surface area contributed by atoms with Gasteiger partial charge in [-0.1, -0.05) is 30.3 Å². The van der Waals surface area contributed by atoms with Crippen molar-refractivity contribution >= 4 is 11.0 Å². The molecule has 98 valence electrons. The van der Waals surface area contributed by atoms with Crippen molar-refractivity contribution < 1.29 is 0 Å². The minimum atomic E-state index is 0.854. The highest BCUT2D eigenvalue weighted by molar-refractivity contribution is 5.94.